The Hall–Kier alpha value is -3.38. The van der Waals surface area contributed by atoms with E-state index in [1.165, 1.54) is 12.1 Å². The molecule has 1 heterocycles. The van der Waals surface area contributed by atoms with Crippen LogP contribution in [0, 0.1) is 11.3 Å². The first-order valence-corrected chi connectivity index (χ1v) is 13.7. The molecule has 0 bridgehead atoms. The number of amides is 2. The molecule has 36 heavy (non-hydrogen) atoms. The van der Waals surface area contributed by atoms with E-state index in [0.717, 1.165) is 18.4 Å². The zero-order valence-electron chi connectivity index (χ0n) is 21.2. The molecule has 3 rings (SSSR count). The summed E-state index contributed by atoms with van der Waals surface area (Å²) in [6, 6.07) is 14.7. The van der Waals surface area contributed by atoms with E-state index >= 15 is 0 Å². The van der Waals surface area contributed by atoms with Crippen LogP contribution < -0.4 is 5.32 Å². The summed E-state index contributed by atoms with van der Waals surface area (Å²) >= 11 is 0. The number of nitriles is 1. The van der Waals surface area contributed by atoms with Crippen LogP contribution in [0.3, 0.4) is 0 Å². The highest BCUT2D eigenvalue weighted by molar-refractivity contribution is 7.91. The van der Waals surface area contributed by atoms with E-state index in [9.17, 15) is 23.3 Å². The highest BCUT2D eigenvalue weighted by Gasteiger charge is 2.33. The first-order valence-electron chi connectivity index (χ1n) is 12.1. The lowest BCUT2D eigenvalue weighted by Gasteiger charge is -2.29. The zero-order valence-corrected chi connectivity index (χ0v) is 22.0. The van der Waals surface area contributed by atoms with Crippen LogP contribution in [0.5, 0.6) is 0 Å². The van der Waals surface area contributed by atoms with Gasteiger partial charge in [0.1, 0.15) is 5.60 Å². The number of sulfone groups is 1. The van der Waals surface area contributed by atoms with Crippen molar-refractivity contribution >= 4 is 21.8 Å². The van der Waals surface area contributed by atoms with Gasteiger partial charge in [0.15, 0.2) is 9.84 Å². The minimum Gasteiger partial charge on any atom is -0.444 e. The molecule has 1 unspecified atom stereocenters. The van der Waals surface area contributed by atoms with Crippen LogP contribution in [-0.4, -0.2) is 43.2 Å². The van der Waals surface area contributed by atoms with Crippen LogP contribution in [0.15, 0.2) is 53.4 Å². The number of benzene rings is 2. The van der Waals surface area contributed by atoms with Crippen LogP contribution in [0.25, 0.3) is 0 Å². The standard InChI is InChI=1S/C27H33N3O5S/c1-5-36(33,34)22-14-12-19(13-15-22)23(16-17-28)29-25(31)21-10-8-20(9-11-21)24-7-6-18-30(24)26(32)35-27(2,3)4/h8-15,23-24H,5-7,16,18H2,1-4H3,(H,29,31)/t23-,24?/m0/s1. The maximum atomic E-state index is 12.9. The Kier molecular flexibility index (Phi) is 8.41. The summed E-state index contributed by atoms with van der Waals surface area (Å²) in [6.45, 7) is 7.71. The lowest BCUT2D eigenvalue weighted by molar-refractivity contribution is 0.0224. The van der Waals surface area contributed by atoms with Crippen molar-refractivity contribution in [2.75, 3.05) is 12.3 Å². The number of likely N-dealkylation sites (tertiary alicyclic amines) is 1. The van der Waals surface area contributed by atoms with Crippen molar-refractivity contribution in [2.45, 2.75) is 69.5 Å². The maximum absolute atomic E-state index is 12.9. The van der Waals surface area contributed by atoms with Gasteiger partial charge in [-0.25, -0.2) is 13.2 Å². The molecule has 0 saturated carbocycles. The third-order valence-corrected chi connectivity index (χ3v) is 7.81. The molecule has 2 atom stereocenters. The SMILES string of the molecule is CCS(=O)(=O)c1ccc([C@H](CC#N)NC(=O)c2ccc(C3CCCN3C(=O)OC(C)(C)C)cc2)cc1. The molecule has 0 radical (unpaired) electrons. The van der Waals surface area contributed by atoms with Crippen molar-refractivity contribution < 1.29 is 22.7 Å². The Morgan fingerprint density at radius 1 is 1.14 bits per heavy atom. The molecule has 2 aromatic carbocycles. The fourth-order valence-corrected chi connectivity index (χ4v) is 5.05. The molecule has 2 aromatic rings. The third-order valence-electron chi connectivity index (χ3n) is 6.06. The monoisotopic (exact) mass is 511 g/mol. The third kappa shape index (κ3) is 6.64. The van der Waals surface area contributed by atoms with Crippen LogP contribution in [0.1, 0.15) is 80.5 Å². The highest BCUT2D eigenvalue weighted by atomic mass is 32.2. The fraction of sp³-hybridized carbons (Fsp3) is 0.444. The Bertz CT molecular complexity index is 1230. The smallest absolute Gasteiger partial charge is 0.410 e. The van der Waals surface area contributed by atoms with Gasteiger partial charge in [-0.2, -0.15) is 5.26 Å². The summed E-state index contributed by atoms with van der Waals surface area (Å²) in [4.78, 5) is 27.5. The number of hydrogen-bond acceptors (Lipinski definition) is 6. The predicted molar refractivity (Wildman–Crippen MR) is 136 cm³/mol. The molecule has 1 aliphatic rings. The van der Waals surface area contributed by atoms with E-state index in [2.05, 4.69) is 11.4 Å². The average Bonchev–Trinajstić information content (AvgIpc) is 3.33. The molecule has 0 aliphatic carbocycles. The average molecular weight is 512 g/mol. The predicted octanol–water partition coefficient (Wildman–Crippen LogP) is 4.94. The topological polar surface area (TPSA) is 117 Å². The van der Waals surface area contributed by atoms with Crippen LogP contribution >= 0.6 is 0 Å². The van der Waals surface area contributed by atoms with Crippen molar-refractivity contribution in [1.82, 2.24) is 10.2 Å². The van der Waals surface area contributed by atoms with E-state index in [4.69, 9.17) is 4.74 Å². The quantitative estimate of drug-likeness (QED) is 0.563. The summed E-state index contributed by atoms with van der Waals surface area (Å²) in [5, 5.41) is 12.1. The molecule has 192 valence electrons. The highest BCUT2D eigenvalue weighted by Crippen LogP contribution is 2.33. The second kappa shape index (κ2) is 11.1. The van der Waals surface area contributed by atoms with Crippen molar-refractivity contribution in [1.29, 1.82) is 5.26 Å². The lowest BCUT2D eigenvalue weighted by atomic mass is 10.0. The molecule has 1 saturated heterocycles. The van der Waals surface area contributed by atoms with Crippen molar-refractivity contribution in [2.24, 2.45) is 0 Å². The Morgan fingerprint density at radius 2 is 1.78 bits per heavy atom. The number of carbonyl (C=O) groups excluding carboxylic acids is 2. The second-order valence-corrected chi connectivity index (χ2v) is 12.1. The van der Waals surface area contributed by atoms with Gasteiger partial charge in [0, 0.05) is 12.1 Å². The second-order valence-electron chi connectivity index (χ2n) is 9.81. The number of rotatable bonds is 7. The van der Waals surface area contributed by atoms with Gasteiger partial charge in [0.05, 0.1) is 35.2 Å². The molecule has 0 spiro atoms. The van der Waals surface area contributed by atoms with Crippen molar-refractivity contribution in [3.05, 3.63) is 65.2 Å². The molecule has 1 aliphatic heterocycles. The molecular formula is C27H33N3O5S. The first-order chi connectivity index (χ1) is 16.9. The first kappa shape index (κ1) is 27.2. The molecule has 8 nitrogen and oxygen atoms in total. The van der Waals surface area contributed by atoms with Gasteiger partial charge in [-0.05, 0) is 69.0 Å². The van der Waals surface area contributed by atoms with Crippen LogP contribution in [0.4, 0.5) is 4.79 Å². The van der Waals surface area contributed by atoms with Gasteiger partial charge in [-0.3, -0.25) is 4.79 Å². The van der Waals surface area contributed by atoms with E-state index in [1.807, 2.05) is 32.9 Å². The molecule has 9 heteroatoms. The van der Waals surface area contributed by atoms with Gasteiger partial charge in [0.2, 0.25) is 0 Å². The fourth-order valence-electron chi connectivity index (χ4n) is 4.17. The van der Waals surface area contributed by atoms with E-state index in [0.29, 0.717) is 17.7 Å². The van der Waals surface area contributed by atoms with Gasteiger partial charge >= 0.3 is 6.09 Å². The Balaban J connectivity index is 1.72. The van der Waals surface area contributed by atoms with E-state index < -0.39 is 21.5 Å². The van der Waals surface area contributed by atoms with Gasteiger partial charge < -0.3 is 15.0 Å². The van der Waals surface area contributed by atoms with Gasteiger partial charge in [-0.1, -0.05) is 31.2 Å². The minimum absolute atomic E-state index is 0.00288. The number of ether oxygens (including phenoxy) is 1. The Labute approximate surface area is 213 Å². The molecule has 2 amide bonds. The summed E-state index contributed by atoms with van der Waals surface area (Å²) in [5.74, 6) is -0.348. The van der Waals surface area contributed by atoms with Crippen molar-refractivity contribution in [3.8, 4) is 6.07 Å². The van der Waals surface area contributed by atoms with Gasteiger partial charge in [-0.15, -0.1) is 0 Å². The molecule has 0 aromatic heterocycles. The number of nitrogens with zero attached hydrogens (tertiary/aromatic N) is 2. The number of nitrogens with one attached hydrogen (secondary N) is 1. The summed E-state index contributed by atoms with van der Waals surface area (Å²) in [7, 11) is -3.33. The summed E-state index contributed by atoms with van der Waals surface area (Å²) in [5.41, 5.74) is 1.43. The largest absolute Gasteiger partial charge is 0.444 e. The molecule has 1 fully saturated rings. The van der Waals surface area contributed by atoms with Gasteiger partial charge in [0.25, 0.3) is 5.91 Å². The summed E-state index contributed by atoms with van der Waals surface area (Å²) < 4.78 is 29.7. The Morgan fingerprint density at radius 3 is 2.33 bits per heavy atom. The van der Waals surface area contributed by atoms with E-state index in [-0.39, 0.29) is 35.1 Å². The molecule has 1 N–H and O–H groups in total. The summed E-state index contributed by atoms with van der Waals surface area (Å²) in [6.07, 6.45) is 1.39. The maximum Gasteiger partial charge on any atom is 0.410 e. The van der Waals surface area contributed by atoms with E-state index in [1.54, 1.807) is 36.1 Å². The van der Waals surface area contributed by atoms with Crippen molar-refractivity contribution in [3.63, 3.8) is 0 Å². The minimum atomic E-state index is -3.33. The van der Waals surface area contributed by atoms with Crippen LogP contribution in [0.2, 0.25) is 0 Å². The molecular weight excluding hydrogens is 478 g/mol. The normalized spacial score (nSPS) is 16.8. The number of hydrogen-bond donors (Lipinski definition) is 1. The zero-order chi connectivity index (χ0) is 26.5. The lowest BCUT2D eigenvalue weighted by Crippen LogP contribution is -2.36. The number of carbonyl (C=O) groups is 2. The van der Waals surface area contributed by atoms with Crippen LogP contribution in [-0.2, 0) is 14.6 Å².